The second-order valence-electron chi connectivity index (χ2n) is 7.44. The Kier molecular flexibility index (Phi) is 6.16. The average Bonchev–Trinajstić information content (AvgIpc) is 2.53. The van der Waals surface area contributed by atoms with Gasteiger partial charge in [0.05, 0.1) is 18.4 Å². The van der Waals surface area contributed by atoms with E-state index in [1.54, 1.807) is 12.3 Å². The van der Waals surface area contributed by atoms with Crippen LogP contribution < -0.4 is 10.6 Å². The second kappa shape index (κ2) is 8.11. The molecule has 0 aliphatic carbocycles. The van der Waals surface area contributed by atoms with E-state index in [1.165, 1.54) is 0 Å². The monoisotopic (exact) mass is 329 g/mol. The van der Waals surface area contributed by atoms with Gasteiger partial charge in [-0.2, -0.15) is 5.26 Å². The van der Waals surface area contributed by atoms with Gasteiger partial charge in [-0.1, -0.05) is 0 Å². The molecule has 6 nitrogen and oxygen atoms in total. The number of nitriles is 1. The van der Waals surface area contributed by atoms with E-state index >= 15 is 0 Å². The maximum Gasteiger partial charge on any atom is 0.234 e. The molecule has 1 aromatic rings. The van der Waals surface area contributed by atoms with E-state index in [0.29, 0.717) is 18.2 Å². The Labute approximate surface area is 144 Å². The van der Waals surface area contributed by atoms with Crippen LogP contribution in [0.4, 0.5) is 5.69 Å². The molecule has 0 spiro atoms. The molecule has 2 rings (SSSR count). The molecule has 130 valence electrons. The first-order chi connectivity index (χ1) is 11.4. The van der Waals surface area contributed by atoms with Crippen molar-refractivity contribution in [3.05, 3.63) is 24.0 Å². The molecule has 24 heavy (non-hydrogen) atoms. The number of amides is 1. The van der Waals surface area contributed by atoms with Crippen molar-refractivity contribution in [1.29, 1.82) is 5.26 Å². The third kappa shape index (κ3) is 6.17. The fourth-order valence-corrected chi connectivity index (χ4v) is 2.84. The zero-order chi connectivity index (χ0) is 17.6. The normalized spacial score (nSPS) is 16.4. The van der Waals surface area contributed by atoms with Crippen LogP contribution in [-0.4, -0.2) is 47.5 Å². The fraction of sp³-hybridized carbons (Fsp3) is 0.611. The number of carbonyl (C=O) groups is 1. The van der Waals surface area contributed by atoms with Crippen LogP contribution in [0.3, 0.4) is 0 Å². The molecule has 1 fully saturated rings. The summed E-state index contributed by atoms with van der Waals surface area (Å²) in [6, 6.07) is 5.62. The highest BCUT2D eigenvalue weighted by Crippen LogP contribution is 2.18. The van der Waals surface area contributed by atoms with Gasteiger partial charge in [-0.05, 0) is 64.8 Å². The van der Waals surface area contributed by atoms with E-state index in [9.17, 15) is 4.79 Å². The first kappa shape index (κ1) is 18.2. The SMILES string of the molecule is CC(C)(C)NC(=O)CN1CCC(CNc2ccc(C#N)nc2)CC1. The molecule has 0 atom stereocenters. The molecule has 1 aliphatic rings. The summed E-state index contributed by atoms with van der Waals surface area (Å²) in [6.07, 6.45) is 3.86. The maximum atomic E-state index is 12.0. The number of piperidine rings is 1. The van der Waals surface area contributed by atoms with Gasteiger partial charge in [0.1, 0.15) is 11.8 Å². The summed E-state index contributed by atoms with van der Waals surface area (Å²) >= 11 is 0. The summed E-state index contributed by atoms with van der Waals surface area (Å²) in [5, 5.41) is 15.1. The van der Waals surface area contributed by atoms with E-state index in [2.05, 4.69) is 20.5 Å². The molecule has 1 amide bonds. The van der Waals surface area contributed by atoms with Gasteiger partial charge in [0.15, 0.2) is 0 Å². The maximum absolute atomic E-state index is 12.0. The second-order valence-corrected chi connectivity index (χ2v) is 7.44. The lowest BCUT2D eigenvalue weighted by Gasteiger charge is -2.32. The Balaban J connectivity index is 1.69. The first-order valence-electron chi connectivity index (χ1n) is 8.49. The molecule has 6 heteroatoms. The number of pyridine rings is 1. The Morgan fingerprint density at radius 2 is 2.08 bits per heavy atom. The van der Waals surface area contributed by atoms with Gasteiger partial charge >= 0.3 is 0 Å². The summed E-state index contributed by atoms with van der Waals surface area (Å²) in [5.41, 5.74) is 1.21. The molecular weight excluding hydrogens is 302 g/mol. The van der Waals surface area contributed by atoms with Gasteiger partial charge in [0.2, 0.25) is 5.91 Å². The average molecular weight is 329 g/mol. The van der Waals surface area contributed by atoms with Crippen molar-refractivity contribution in [2.24, 2.45) is 5.92 Å². The van der Waals surface area contributed by atoms with Crippen molar-refractivity contribution in [1.82, 2.24) is 15.2 Å². The molecule has 0 unspecified atom stereocenters. The van der Waals surface area contributed by atoms with E-state index in [1.807, 2.05) is 32.9 Å². The lowest BCUT2D eigenvalue weighted by molar-refractivity contribution is -0.124. The number of anilines is 1. The highest BCUT2D eigenvalue weighted by atomic mass is 16.2. The Hall–Kier alpha value is -2.13. The zero-order valence-electron chi connectivity index (χ0n) is 14.8. The zero-order valence-corrected chi connectivity index (χ0v) is 14.8. The lowest BCUT2D eigenvalue weighted by atomic mass is 9.96. The molecule has 2 N–H and O–H groups in total. The third-order valence-electron chi connectivity index (χ3n) is 4.06. The van der Waals surface area contributed by atoms with Crippen LogP contribution >= 0.6 is 0 Å². The van der Waals surface area contributed by atoms with Crippen molar-refractivity contribution in [3.8, 4) is 6.07 Å². The first-order valence-corrected chi connectivity index (χ1v) is 8.49. The summed E-state index contributed by atoms with van der Waals surface area (Å²) in [5.74, 6) is 0.699. The van der Waals surface area contributed by atoms with Crippen molar-refractivity contribution < 1.29 is 4.79 Å². The van der Waals surface area contributed by atoms with Crippen molar-refractivity contribution >= 4 is 11.6 Å². The van der Waals surface area contributed by atoms with Crippen molar-refractivity contribution in [2.45, 2.75) is 39.2 Å². The summed E-state index contributed by atoms with van der Waals surface area (Å²) in [6.45, 7) is 9.29. The van der Waals surface area contributed by atoms with Crippen LogP contribution in [0.15, 0.2) is 18.3 Å². The minimum Gasteiger partial charge on any atom is -0.384 e. The highest BCUT2D eigenvalue weighted by molar-refractivity contribution is 5.78. The Morgan fingerprint density at radius 3 is 2.62 bits per heavy atom. The third-order valence-corrected chi connectivity index (χ3v) is 4.06. The van der Waals surface area contributed by atoms with Crippen LogP contribution in [0.1, 0.15) is 39.3 Å². The Morgan fingerprint density at radius 1 is 1.38 bits per heavy atom. The number of hydrogen-bond acceptors (Lipinski definition) is 5. The molecule has 0 bridgehead atoms. The number of likely N-dealkylation sites (tertiary alicyclic amines) is 1. The van der Waals surface area contributed by atoms with Crippen LogP contribution in [0, 0.1) is 17.2 Å². The van der Waals surface area contributed by atoms with E-state index < -0.39 is 0 Å². The molecule has 0 saturated carbocycles. The number of aromatic nitrogens is 1. The molecular formula is C18H27N5O. The van der Waals surface area contributed by atoms with E-state index in [-0.39, 0.29) is 11.4 Å². The van der Waals surface area contributed by atoms with Gasteiger partial charge < -0.3 is 10.6 Å². The predicted octanol–water partition coefficient (Wildman–Crippen LogP) is 1.99. The fourth-order valence-electron chi connectivity index (χ4n) is 2.84. The van der Waals surface area contributed by atoms with Gasteiger partial charge in [0, 0.05) is 12.1 Å². The molecule has 0 radical (unpaired) electrons. The number of hydrogen-bond donors (Lipinski definition) is 2. The van der Waals surface area contributed by atoms with Crippen LogP contribution in [0.25, 0.3) is 0 Å². The molecule has 1 saturated heterocycles. The smallest absolute Gasteiger partial charge is 0.234 e. The predicted molar refractivity (Wildman–Crippen MR) is 94.5 cm³/mol. The molecule has 0 aromatic carbocycles. The minimum atomic E-state index is -0.172. The Bertz CT molecular complexity index is 577. The van der Waals surface area contributed by atoms with Crippen molar-refractivity contribution in [2.75, 3.05) is 31.5 Å². The summed E-state index contributed by atoms with van der Waals surface area (Å²) < 4.78 is 0. The standard InChI is InChI=1S/C18H27N5O/c1-18(2,3)22-17(24)13-23-8-6-14(7-9-23)11-20-16-5-4-15(10-19)21-12-16/h4-5,12,14,20H,6-9,11,13H2,1-3H3,(H,22,24). The van der Waals surface area contributed by atoms with Gasteiger partial charge in [-0.3, -0.25) is 9.69 Å². The number of nitrogens with zero attached hydrogens (tertiary/aromatic N) is 3. The molecule has 2 heterocycles. The highest BCUT2D eigenvalue weighted by Gasteiger charge is 2.22. The topological polar surface area (TPSA) is 81.0 Å². The van der Waals surface area contributed by atoms with Gasteiger partial charge in [-0.15, -0.1) is 0 Å². The van der Waals surface area contributed by atoms with Crippen LogP contribution in [0.2, 0.25) is 0 Å². The van der Waals surface area contributed by atoms with Gasteiger partial charge in [-0.25, -0.2) is 4.98 Å². The summed E-state index contributed by atoms with van der Waals surface area (Å²) in [4.78, 5) is 18.3. The van der Waals surface area contributed by atoms with Crippen LogP contribution in [-0.2, 0) is 4.79 Å². The number of nitrogens with one attached hydrogen (secondary N) is 2. The largest absolute Gasteiger partial charge is 0.384 e. The quantitative estimate of drug-likeness (QED) is 0.863. The molecule has 1 aromatic heterocycles. The van der Waals surface area contributed by atoms with E-state index in [4.69, 9.17) is 5.26 Å². The van der Waals surface area contributed by atoms with E-state index in [0.717, 1.165) is 38.2 Å². The number of rotatable bonds is 5. The van der Waals surface area contributed by atoms with Crippen molar-refractivity contribution in [3.63, 3.8) is 0 Å². The van der Waals surface area contributed by atoms with Gasteiger partial charge in [0.25, 0.3) is 0 Å². The summed E-state index contributed by atoms with van der Waals surface area (Å²) in [7, 11) is 0. The minimum absolute atomic E-state index is 0.0998. The van der Waals surface area contributed by atoms with Crippen LogP contribution in [0.5, 0.6) is 0 Å². The lowest BCUT2D eigenvalue weighted by Crippen LogP contribution is -2.47. The molecule has 1 aliphatic heterocycles. The number of carbonyl (C=O) groups excluding carboxylic acids is 1.